The Morgan fingerprint density at radius 2 is 1.59 bits per heavy atom. The zero-order chi connectivity index (χ0) is 12.3. The lowest BCUT2D eigenvalue weighted by Crippen LogP contribution is -2.10. The Hall–Kier alpha value is -1.57. The van der Waals surface area contributed by atoms with Crippen molar-refractivity contribution in [2.75, 3.05) is 0 Å². The van der Waals surface area contributed by atoms with Crippen molar-refractivity contribution in [2.24, 2.45) is 0 Å². The van der Waals surface area contributed by atoms with Crippen molar-refractivity contribution in [3.63, 3.8) is 0 Å². The molecule has 17 heavy (non-hydrogen) atoms. The van der Waals surface area contributed by atoms with E-state index in [-0.39, 0.29) is 5.97 Å². The van der Waals surface area contributed by atoms with E-state index in [1.807, 2.05) is 24.3 Å². The van der Waals surface area contributed by atoms with Gasteiger partial charge in [-0.05, 0) is 39.2 Å². The Labute approximate surface area is 102 Å². The summed E-state index contributed by atoms with van der Waals surface area (Å²) in [4.78, 5) is 11.9. The first-order valence-corrected chi connectivity index (χ1v) is 6.10. The third-order valence-corrected chi connectivity index (χ3v) is 3.16. The average molecular weight is 230 g/mol. The van der Waals surface area contributed by atoms with E-state index < -0.39 is 0 Å². The van der Waals surface area contributed by atoms with Crippen LogP contribution in [0.15, 0.2) is 46.8 Å². The molecule has 2 heteroatoms. The van der Waals surface area contributed by atoms with Crippen molar-refractivity contribution in [3.8, 4) is 0 Å². The number of hydrogen-bond donors (Lipinski definition) is 0. The van der Waals surface area contributed by atoms with Gasteiger partial charge in [0.25, 0.3) is 0 Å². The minimum atomic E-state index is -0.187. The summed E-state index contributed by atoms with van der Waals surface area (Å²) in [5.41, 5.74) is 3.43. The topological polar surface area (TPSA) is 26.3 Å². The quantitative estimate of drug-likeness (QED) is 0.674. The third kappa shape index (κ3) is 3.19. The van der Waals surface area contributed by atoms with Crippen molar-refractivity contribution in [1.82, 2.24) is 0 Å². The maximum Gasteiger partial charge on any atom is 0.339 e. The van der Waals surface area contributed by atoms with E-state index in [9.17, 15) is 4.79 Å². The van der Waals surface area contributed by atoms with Gasteiger partial charge in [0.15, 0.2) is 0 Å². The summed E-state index contributed by atoms with van der Waals surface area (Å²) in [6.07, 6.45) is 11.4. The number of esters is 1. The van der Waals surface area contributed by atoms with Crippen molar-refractivity contribution < 1.29 is 9.53 Å². The van der Waals surface area contributed by atoms with E-state index in [1.54, 1.807) is 0 Å². The van der Waals surface area contributed by atoms with Gasteiger partial charge in [-0.15, -0.1) is 0 Å². The zero-order valence-corrected chi connectivity index (χ0v) is 10.5. The molecule has 0 unspecified atom stereocenters. The highest BCUT2D eigenvalue weighted by atomic mass is 16.5. The van der Waals surface area contributed by atoms with Crippen LogP contribution in [0.4, 0.5) is 0 Å². The van der Waals surface area contributed by atoms with Gasteiger partial charge in [-0.25, -0.2) is 4.79 Å². The fourth-order valence-corrected chi connectivity index (χ4v) is 1.90. The predicted molar refractivity (Wildman–Crippen MR) is 68.2 cm³/mol. The van der Waals surface area contributed by atoms with Crippen molar-refractivity contribution in [3.05, 3.63) is 46.8 Å². The number of hydrogen-bond acceptors (Lipinski definition) is 2. The van der Waals surface area contributed by atoms with Gasteiger partial charge in [-0.2, -0.15) is 0 Å². The van der Waals surface area contributed by atoms with Crippen LogP contribution in [0.3, 0.4) is 0 Å². The summed E-state index contributed by atoms with van der Waals surface area (Å²) >= 11 is 0. The number of allylic oxidation sites excluding steroid dienone is 7. The van der Waals surface area contributed by atoms with E-state index in [0.717, 1.165) is 37.0 Å². The number of carbonyl (C=O) groups is 1. The molecular formula is C15H18O2. The molecule has 0 spiro atoms. The van der Waals surface area contributed by atoms with Crippen molar-refractivity contribution in [1.29, 1.82) is 0 Å². The first-order valence-electron chi connectivity index (χ1n) is 6.10. The number of ether oxygens (including phenoxy) is 1. The molecule has 2 aliphatic rings. The van der Waals surface area contributed by atoms with Crippen molar-refractivity contribution in [2.45, 2.75) is 39.5 Å². The molecule has 0 aromatic rings. The van der Waals surface area contributed by atoms with Crippen LogP contribution in [0, 0.1) is 0 Å². The van der Waals surface area contributed by atoms with Crippen LogP contribution in [-0.2, 0) is 9.53 Å². The Balaban J connectivity index is 1.99. The van der Waals surface area contributed by atoms with E-state index >= 15 is 0 Å². The second-order valence-corrected chi connectivity index (χ2v) is 4.74. The molecule has 0 aromatic carbocycles. The SMILES string of the molecule is CC1=CC=C(OC(=O)C2=CC=C(C)CC2)CC1. The second-order valence-electron chi connectivity index (χ2n) is 4.74. The van der Waals surface area contributed by atoms with Gasteiger partial charge in [0.05, 0.1) is 0 Å². The van der Waals surface area contributed by atoms with Gasteiger partial charge >= 0.3 is 5.97 Å². The van der Waals surface area contributed by atoms with Crippen LogP contribution >= 0.6 is 0 Å². The van der Waals surface area contributed by atoms with Gasteiger partial charge in [0.2, 0.25) is 0 Å². The summed E-state index contributed by atoms with van der Waals surface area (Å²) in [7, 11) is 0. The van der Waals surface area contributed by atoms with Crippen LogP contribution in [0.5, 0.6) is 0 Å². The Morgan fingerprint density at radius 1 is 0.941 bits per heavy atom. The molecule has 0 saturated carbocycles. The van der Waals surface area contributed by atoms with Gasteiger partial charge in [-0.3, -0.25) is 0 Å². The van der Waals surface area contributed by atoms with E-state index in [1.165, 1.54) is 11.1 Å². The summed E-state index contributed by atoms with van der Waals surface area (Å²) in [6, 6.07) is 0. The van der Waals surface area contributed by atoms with Crippen LogP contribution in [-0.4, -0.2) is 5.97 Å². The lowest BCUT2D eigenvalue weighted by Gasteiger charge is -2.15. The van der Waals surface area contributed by atoms with E-state index in [4.69, 9.17) is 4.74 Å². The van der Waals surface area contributed by atoms with E-state index in [2.05, 4.69) is 13.8 Å². The van der Waals surface area contributed by atoms with Gasteiger partial charge in [-0.1, -0.05) is 29.4 Å². The van der Waals surface area contributed by atoms with Crippen LogP contribution in [0.1, 0.15) is 39.5 Å². The predicted octanol–water partition coefficient (Wildman–Crippen LogP) is 3.82. The smallest absolute Gasteiger partial charge is 0.339 e. The molecule has 0 aromatic heterocycles. The highest BCUT2D eigenvalue weighted by Crippen LogP contribution is 2.23. The molecular weight excluding hydrogens is 212 g/mol. The van der Waals surface area contributed by atoms with Crippen LogP contribution < -0.4 is 0 Å². The van der Waals surface area contributed by atoms with Crippen molar-refractivity contribution >= 4 is 5.97 Å². The molecule has 2 aliphatic carbocycles. The highest BCUT2D eigenvalue weighted by molar-refractivity contribution is 5.89. The molecule has 0 heterocycles. The number of carbonyl (C=O) groups excluding carboxylic acids is 1. The van der Waals surface area contributed by atoms with Gasteiger partial charge < -0.3 is 4.74 Å². The fourth-order valence-electron chi connectivity index (χ4n) is 1.90. The Kier molecular flexibility index (Phi) is 3.62. The standard InChI is InChI=1S/C15H18O2/c1-11-3-7-13(8-4-11)15(16)17-14-9-5-12(2)6-10-14/h3,5,7,9H,4,6,8,10H2,1-2H3. The molecule has 0 amide bonds. The lowest BCUT2D eigenvalue weighted by atomic mass is 9.99. The highest BCUT2D eigenvalue weighted by Gasteiger charge is 2.16. The monoisotopic (exact) mass is 230 g/mol. The molecule has 0 N–H and O–H groups in total. The summed E-state index contributed by atoms with van der Waals surface area (Å²) in [5.74, 6) is 0.598. The van der Waals surface area contributed by atoms with Gasteiger partial charge in [0, 0.05) is 12.0 Å². The maximum atomic E-state index is 11.9. The Morgan fingerprint density at radius 3 is 2.12 bits per heavy atom. The van der Waals surface area contributed by atoms with Crippen LogP contribution in [0.25, 0.3) is 0 Å². The third-order valence-electron chi connectivity index (χ3n) is 3.16. The minimum absolute atomic E-state index is 0.187. The summed E-state index contributed by atoms with van der Waals surface area (Å²) in [6.45, 7) is 4.17. The minimum Gasteiger partial charge on any atom is -0.428 e. The molecule has 0 fully saturated rings. The molecule has 0 bridgehead atoms. The molecule has 0 saturated heterocycles. The Bertz CT molecular complexity index is 448. The molecule has 2 rings (SSSR count). The maximum absolute atomic E-state index is 11.9. The summed E-state index contributed by atoms with van der Waals surface area (Å²) < 4.78 is 5.39. The lowest BCUT2D eigenvalue weighted by molar-refractivity contribution is -0.135. The molecule has 0 aliphatic heterocycles. The molecule has 0 radical (unpaired) electrons. The molecule has 2 nitrogen and oxygen atoms in total. The first kappa shape index (κ1) is 11.9. The first-order chi connectivity index (χ1) is 8.15. The normalized spacial score (nSPS) is 19.9. The van der Waals surface area contributed by atoms with Gasteiger partial charge in [0.1, 0.15) is 5.76 Å². The van der Waals surface area contributed by atoms with Crippen LogP contribution in [0.2, 0.25) is 0 Å². The van der Waals surface area contributed by atoms with E-state index in [0.29, 0.717) is 0 Å². The largest absolute Gasteiger partial charge is 0.428 e. The zero-order valence-electron chi connectivity index (χ0n) is 10.5. The molecule has 90 valence electrons. The second kappa shape index (κ2) is 5.17. The fraction of sp³-hybridized carbons (Fsp3) is 0.400. The average Bonchev–Trinajstić information content (AvgIpc) is 2.33. The number of rotatable bonds is 2. The molecule has 0 atom stereocenters. The summed E-state index contributed by atoms with van der Waals surface area (Å²) in [5, 5.41) is 0.